The molecule has 0 radical (unpaired) electrons. The molecule has 1 aromatic rings. The predicted molar refractivity (Wildman–Crippen MR) is 56.4 cm³/mol. The molecule has 82 valence electrons. The number of ether oxygens (including phenoxy) is 1. The highest BCUT2D eigenvalue weighted by atomic mass is 16.6. The van der Waals surface area contributed by atoms with E-state index in [0.29, 0.717) is 0 Å². The molecule has 1 aromatic carbocycles. The van der Waals surface area contributed by atoms with Crippen LogP contribution in [-0.4, -0.2) is 18.0 Å². The van der Waals surface area contributed by atoms with Crippen LogP contribution in [-0.2, 0) is 9.53 Å². The average molecular weight is 220 g/mol. The Morgan fingerprint density at radius 2 is 2.25 bits per heavy atom. The molecule has 0 unspecified atom stereocenters. The Labute approximate surface area is 91.2 Å². The zero-order valence-electron chi connectivity index (χ0n) is 8.39. The summed E-state index contributed by atoms with van der Waals surface area (Å²) in [5.41, 5.74) is 5.21. The first-order valence-electron chi connectivity index (χ1n) is 4.19. The van der Waals surface area contributed by atoms with Crippen molar-refractivity contribution in [2.45, 2.75) is 0 Å². The van der Waals surface area contributed by atoms with E-state index in [1.54, 1.807) is 0 Å². The first-order valence-corrected chi connectivity index (χ1v) is 4.19. The van der Waals surface area contributed by atoms with Crippen molar-refractivity contribution in [1.82, 2.24) is 0 Å². The fraction of sp³-hybridized carbons (Fsp3) is 0.100. The Kier molecular flexibility index (Phi) is 3.45. The topological polar surface area (TPSA) is 95.5 Å². The van der Waals surface area contributed by atoms with Crippen LogP contribution in [0.5, 0.6) is 0 Å². The molecular formula is C10H8N2O4. The molecule has 0 aliphatic rings. The minimum absolute atomic E-state index is 0.00154. The van der Waals surface area contributed by atoms with Gasteiger partial charge >= 0.3 is 11.7 Å². The van der Waals surface area contributed by atoms with E-state index in [1.807, 2.05) is 0 Å². The maximum atomic E-state index is 10.8. The van der Waals surface area contributed by atoms with Gasteiger partial charge in [0.2, 0.25) is 0 Å². The van der Waals surface area contributed by atoms with Crippen molar-refractivity contribution in [3.05, 3.63) is 33.9 Å². The van der Waals surface area contributed by atoms with Crippen molar-refractivity contribution in [2.24, 2.45) is 0 Å². The molecule has 0 spiro atoms. The van der Waals surface area contributed by atoms with Crippen molar-refractivity contribution >= 4 is 17.3 Å². The van der Waals surface area contributed by atoms with E-state index in [0.717, 1.165) is 0 Å². The molecule has 0 saturated heterocycles. The number of nitro groups is 1. The maximum absolute atomic E-state index is 10.8. The van der Waals surface area contributed by atoms with Crippen LogP contribution < -0.4 is 5.73 Å². The summed E-state index contributed by atoms with van der Waals surface area (Å²) in [6.07, 6.45) is 0. The zero-order valence-corrected chi connectivity index (χ0v) is 8.39. The van der Waals surface area contributed by atoms with Crippen LogP contribution in [0.15, 0.2) is 18.2 Å². The van der Waals surface area contributed by atoms with Crippen LogP contribution in [0.4, 0.5) is 11.4 Å². The fourth-order valence-electron chi connectivity index (χ4n) is 1.04. The van der Waals surface area contributed by atoms with E-state index < -0.39 is 10.9 Å². The number of para-hydroxylation sites is 1. The van der Waals surface area contributed by atoms with Gasteiger partial charge in [-0.25, -0.2) is 4.79 Å². The van der Waals surface area contributed by atoms with E-state index in [2.05, 4.69) is 16.6 Å². The zero-order chi connectivity index (χ0) is 12.1. The highest BCUT2D eigenvalue weighted by Crippen LogP contribution is 2.24. The Morgan fingerprint density at radius 3 is 2.81 bits per heavy atom. The number of esters is 1. The van der Waals surface area contributed by atoms with Crippen LogP contribution in [0, 0.1) is 22.0 Å². The minimum Gasteiger partial charge on any atom is -0.459 e. The predicted octanol–water partition coefficient (Wildman–Crippen LogP) is 0.702. The van der Waals surface area contributed by atoms with Crippen LogP contribution in [0.1, 0.15) is 5.56 Å². The summed E-state index contributed by atoms with van der Waals surface area (Å²) in [5, 5.41) is 10.7. The maximum Gasteiger partial charge on any atom is 0.384 e. The van der Waals surface area contributed by atoms with Crippen LogP contribution in [0.25, 0.3) is 0 Å². The quantitative estimate of drug-likeness (QED) is 0.247. The third-order valence-electron chi connectivity index (χ3n) is 1.73. The standard InChI is InChI=1S/C10H8N2O4/c1-16-9(13)6-5-7-3-2-4-8(11)10(7)12(14)15/h2-4H,11H2,1H3. The molecule has 1 rings (SSSR count). The van der Waals surface area contributed by atoms with Gasteiger partial charge in [0.05, 0.1) is 12.0 Å². The molecular weight excluding hydrogens is 212 g/mol. The third-order valence-corrected chi connectivity index (χ3v) is 1.73. The normalized spacial score (nSPS) is 8.81. The van der Waals surface area contributed by atoms with E-state index in [-0.39, 0.29) is 16.9 Å². The number of hydrogen-bond donors (Lipinski definition) is 1. The summed E-state index contributed by atoms with van der Waals surface area (Å²) in [6.45, 7) is 0. The first kappa shape index (κ1) is 11.5. The minimum atomic E-state index is -0.767. The van der Waals surface area contributed by atoms with Gasteiger partial charge in [0.1, 0.15) is 11.3 Å². The van der Waals surface area contributed by atoms with Crippen molar-refractivity contribution < 1.29 is 14.5 Å². The Bertz CT molecular complexity index is 499. The summed E-state index contributed by atoms with van der Waals surface area (Å²) in [5.74, 6) is 3.67. The van der Waals surface area contributed by atoms with Gasteiger partial charge in [-0.3, -0.25) is 10.1 Å². The molecule has 0 aromatic heterocycles. The van der Waals surface area contributed by atoms with Crippen molar-refractivity contribution in [1.29, 1.82) is 0 Å². The van der Waals surface area contributed by atoms with Crippen molar-refractivity contribution in [2.75, 3.05) is 12.8 Å². The molecule has 0 aliphatic carbocycles. The lowest BCUT2D eigenvalue weighted by atomic mass is 10.1. The van der Waals surface area contributed by atoms with Gasteiger partial charge in [-0.05, 0) is 18.1 Å². The molecule has 0 amide bonds. The number of benzene rings is 1. The fourth-order valence-corrected chi connectivity index (χ4v) is 1.04. The number of nitrogens with zero attached hydrogens (tertiary/aromatic N) is 1. The summed E-state index contributed by atoms with van der Waals surface area (Å²) in [7, 11) is 1.17. The van der Waals surface area contributed by atoms with Crippen molar-refractivity contribution in [3.8, 4) is 11.8 Å². The Balaban J connectivity index is 3.22. The second kappa shape index (κ2) is 4.79. The molecule has 0 saturated carbocycles. The molecule has 0 fully saturated rings. The van der Waals surface area contributed by atoms with Gasteiger partial charge in [-0.15, -0.1) is 0 Å². The lowest BCUT2D eigenvalue weighted by molar-refractivity contribution is -0.384. The number of nitrogen functional groups attached to an aromatic ring is 1. The number of carbonyl (C=O) groups excluding carboxylic acids is 1. The summed E-state index contributed by atoms with van der Waals surface area (Å²) in [4.78, 5) is 20.8. The number of nitro benzene ring substituents is 1. The van der Waals surface area contributed by atoms with Crippen LogP contribution in [0.2, 0.25) is 0 Å². The number of nitrogens with two attached hydrogens (primary N) is 1. The molecule has 6 heteroatoms. The van der Waals surface area contributed by atoms with E-state index in [4.69, 9.17) is 5.73 Å². The lowest BCUT2D eigenvalue weighted by Gasteiger charge is -1.98. The molecule has 0 aliphatic heterocycles. The monoisotopic (exact) mass is 220 g/mol. The second-order valence-electron chi connectivity index (χ2n) is 2.74. The summed E-state index contributed by atoms with van der Waals surface area (Å²) in [6, 6.07) is 4.31. The smallest absolute Gasteiger partial charge is 0.384 e. The van der Waals surface area contributed by atoms with E-state index in [9.17, 15) is 14.9 Å². The SMILES string of the molecule is COC(=O)C#Cc1cccc(N)c1[N+](=O)[O-]. The Morgan fingerprint density at radius 1 is 1.56 bits per heavy atom. The van der Waals surface area contributed by atoms with Crippen LogP contribution >= 0.6 is 0 Å². The molecule has 0 heterocycles. The van der Waals surface area contributed by atoms with Crippen LogP contribution in [0.3, 0.4) is 0 Å². The lowest BCUT2D eigenvalue weighted by Crippen LogP contribution is -1.99. The largest absolute Gasteiger partial charge is 0.459 e. The number of carbonyl (C=O) groups is 1. The number of anilines is 1. The number of rotatable bonds is 1. The van der Waals surface area contributed by atoms with E-state index >= 15 is 0 Å². The molecule has 6 nitrogen and oxygen atoms in total. The molecule has 2 N–H and O–H groups in total. The van der Waals surface area contributed by atoms with Gasteiger partial charge < -0.3 is 10.5 Å². The number of methoxy groups -OCH3 is 1. The molecule has 0 bridgehead atoms. The average Bonchev–Trinajstić information content (AvgIpc) is 2.25. The Hall–Kier alpha value is -2.55. The van der Waals surface area contributed by atoms with Gasteiger partial charge in [-0.1, -0.05) is 6.07 Å². The third kappa shape index (κ3) is 2.48. The highest BCUT2D eigenvalue weighted by molar-refractivity contribution is 5.89. The second-order valence-corrected chi connectivity index (χ2v) is 2.74. The summed E-state index contributed by atoms with van der Waals surface area (Å²) < 4.78 is 4.29. The van der Waals surface area contributed by atoms with Gasteiger partial charge in [0.25, 0.3) is 0 Å². The highest BCUT2D eigenvalue weighted by Gasteiger charge is 2.15. The van der Waals surface area contributed by atoms with Gasteiger partial charge in [0.15, 0.2) is 0 Å². The first-order chi connectivity index (χ1) is 7.56. The van der Waals surface area contributed by atoms with E-state index in [1.165, 1.54) is 25.3 Å². The van der Waals surface area contributed by atoms with Gasteiger partial charge in [0, 0.05) is 5.92 Å². The molecule has 16 heavy (non-hydrogen) atoms. The number of hydrogen-bond acceptors (Lipinski definition) is 5. The summed E-state index contributed by atoms with van der Waals surface area (Å²) >= 11 is 0. The molecule has 0 atom stereocenters. The van der Waals surface area contributed by atoms with Crippen molar-refractivity contribution in [3.63, 3.8) is 0 Å². The van der Waals surface area contributed by atoms with Gasteiger partial charge in [-0.2, -0.15) is 0 Å².